The Morgan fingerprint density at radius 2 is 1.75 bits per heavy atom. The lowest BCUT2D eigenvalue weighted by Gasteiger charge is -2.21. The lowest BCUT2D eigenvalue weighted by atomic mass is 10.0. The van der Waals surface area contributed by atoms with Crippen LogP contribution in [-0.4, -0.2) is 17.9 Å². The Morgan fingerprint density at radius 3 is 2.38 bits per heavy atom. The number of amides is 2. The van der Waals surface area contributed by atoms with Crippen LogP contribution in [0.3, 0.4) is 0 Å². The number of imide groups is 1. The minimum atomic E-state index is -0.573. The van der Waals surface area contributed by atoms with Crippen molar-refractivity contribution in [2.75, 3.05) is 10.2 Å². The van der Waals surface area contributed by atoms with Crippen molar-refractivity contribution >= 4 is 34.8 Å². The van der Waals surface area contributed by atoms with Crippen LogP contribution in [0.15, 0.2) is 36.4 Å². The summed E-state index contributed by atoms with van der Waals surface area (Å²) in [6.07, 6.45) is 0.137. The standard InChI is InChI=1S/C19H19ClN2O2/c1-11-7-12(2)18(13(3)8-11)22-17(23)10-16(19(22)24)21-15-6-4-5-14(20)9-15/h4-9,16,21H,10H2,1-3H3/t16-/m0/s1. The molecule has 0 saturated carbocycles. The Kier molecular flexibility index (Phi) is 4.33. The number of halogens is 1. The van der Waals surface area contributed by atoms with Crippen molar-refractivity contribution in [3.8, 4) is 0 Å². The van der Waals surface area contributed by atoms with Crippen molar-refractivity contribution < 1.29 is 9.59 Å². The van der Waals surface area contributed by atoms with E-state index in [0.717, 1.165) is 22.4 Å². The third-order valence-corrected chi connectivity index (χ3v) is 4.41. The Bertz CT molecular complexity index is 809. The van der Waals surface area contributed by atoms with Crippen molar-refractivity contribution in [3.05, 3.63) is 58.1 Å². The van der Waals surface area contributed by atoms with Gasteiger partial charge in [0.2, 0.25) is 5.91 Å². The molecule has 0 radical (unpaired) electrons. The topological polar surface area (TPSA) is 49.4 Å². The number of rotatable bonds is 3. The average Bonchev–Trinajstić information content (AvgIpc) is 2.74. The molecular weight excluding hydrogens is 324 g/mol. The normalized spacial score (nSPS) is 17.5. The number of anilines is 2. The summed E-state index contributed by atoms with van der Waals surface area (Å²) in [7, 11) is 0. The Hall–Kier alpha value is -2.33. The molecule has 4 nitrogen and oxygen atoms in total. The van der Waals surface area contributed by atoms with Gasteiger partial charge >= 0.3 is 0 Å². The Balaban J connectivity index is 1.90. The first-order valence-electron chi connectivity index (χ1n) is 7.83. The van der Waals surface area contributed by atoms with Crippen molar-refractivity contribution in [1.29, 1.82) is 0 Å². The highest BCUT2D eigenvalue weighted by atomic mass is 35.5. The minimum Gasteiger partial charge on any atom is -0.373 e. The SMILES string of the molecule is Cc1cc(C)c(N2C(=O)C[C@H](Nc3cccc(Cl)c3)C2=O)c(C)c1. The second kappa shape index (κ2) is 6.29. The molecular formula is C19H19ClN2O2. The summed E-state index contributed by atoms with van der Waals surface area (Å²) in [4.78, 5) is 26.6. The van der Waals surface area contributed by atoms with Crippen molar-refractivity contribution in [2.45, 2.75) is 33.2 Å². The van der Waals surface area contributed by atoms with E-state index in [1.54, 1.807) is 18.2 Å². The number of nitrogens with zero attached hydrogens (tertiary/aromatic N) is 1. The first kappa shape index (κ1) is 16.5. The smallest absolute Gasteiger partial charge is 0.256 e. The summed E-state index contributed by atoms with van der Waals surface area (Å²) in [5, 5.41) is 3.70. The highest BCUT2D eigenvalue weighted by molar-refractivity contribution is 6.31. The molecule has 2 amide bonds. The van der Waals surface area contributed by atoms with Crippen LogP contribution >= 0.6 is 11.6 Å². The summed E-state index contributed by atoms with van der Waals surface area (Å²) in [6.45, 7) is 5.85. The number of hydrogen-bond acceptors (Lipinski definition) is 3. The molecule has 1 heterocycles. The third kappa shape index (κ3) is 3.02. The van der Waals surface area contributed by atoms with Crippen LogP contribution < -0.4 is 10.2 Å². The van der Waals surface area contributed by atoms with Gasteiger partial charge in [-0.2, -0.15) is 0 Å². The molecule has 0 spiro atoms. The number of benzene rings is 2. The molecule has 1 fully saturated rings. The van der Waals surface area contributed by atoms with E-state index in [-0.39, 0.29) is 18.2 Å². The number of carbonyl (C=O) groups is 2. The monoisotopic (exact) mass is 342 g/mol. The van der Waals surface area contributed by atoms with Crippen molar-refractivity contribution in [2.24, 2.45) is 0 Å². The van der Waals surface area contributed by atoms with E-state index in [0.29, 0.717) is 10.7 Å². The molecule has 1 N–H and O–H groups in total. The van der Waals surface area contributed by atoms with Gasteiger partial charge in [0.25, 0.3) is 5.91 Å². The Morgan fingerprint density at radius 1 is 1.08 bits per heavy atom. The van der Waals surface area contributed by atoms with Gasteiger partial charge in [0, 0.05) is 10.7 Å². The molecule has 2 aromatic rings. The van der Waals surface area contributed by atoms with E-state index < -0.39 is 6.04 Å². The largest absolute Gasteiger partial charge is 0.373 e. The highest BCUT2D eigenvalue weighted by Gasteiger charge is 2.40. The summed E-state index contributed by atoms with van der Waals surface area (Å²) in [6, 6.07) is 10.5. The van der Waals surface area contributed by atoms with Gasteiger partial charge in [-0.3, -0.25) is 9.59 Å². The molecule has 1 atom stereocenters. The second-order valence-corrected chi connectivity index (χ2v) is 6.66. The highest BCUT2D eigenvalue weighted by Crippen LogP contribution is 2.31. The van der Waals surface area contributed by atoms with Crippen LogP contribution in [0.4, 0.5) is 11.4 Å². The molecule has 0 aliphatic carbocycles. The van der Waals surface area contributed by atoms with E-state index in [9.17, 15) is 9.59 Å². The summed E-state index contributed by atoms with van der Waals surface area (Å²) in [5.41, 5.74) is 4.40. The van der Waals surface area contributed by atoms with Gasteiger partial charge in [-0.05, 0) is 50.1 Å². The maximum absolute atomic E-state index is 12.8. The predicted molar refractivity (Wildman–Crippen MR) is 96.6 cm³/mol. The number of hydrogen-bond donors (Lipinski definition) is 1. The van der Waals surface area contributed by atoms with E-state index >= 15 is 0 Å². The molecule has 1 aliphatic rings. The van der Waals surface area contributed by atoms with Gasteiger partial charge in [0.15, 0.2) is 0 Å². The molecule has 0 aromatic heterocycles. The predicted octanol–water partition coefficient (Wildman–Crippen LogP) is 4.01. The van der Waals surface area contributed by atoms with Gasteiger partial charge in [0.05, 0.1) is 12.1 Å². The van der Waals surface area contributed by atoms with Gasteiger partial charge in [-0.15, -0.1) is 0 Å². The summed E-state index contributed by atoms with van der Waals surface area (Å²) >= 11 is 5.97. The van der Waals surface area contributed by atoms with Crippen LogP contribution in [0.1, 0.15) is 23.1 Å². The molecule has 124 valence electrons. The molecule has 0 bridgehead atoms. The van der Waals surface area contributed by atoms with E-state index in [2.05, 4.69) is 5.32 Å². The van der Waals surface area contributed by atoms with Crippen LogP contribution in [0, 0.1) is 20.8 Å². The fourth-order valence-electron chi connectivity index (χ4n) is 3.28. The average molecular weight is 343 g/mol. The maximum atomic E-state index is 12.8. The molecule has 5 heteroatoms. The zero-order valence-corrected chi connectivity index (χ0v) is 14.6. The fourth-order valence-corrected chi connectivity index (χ4v) is 3.47. The quantitative estimate of drug-likeness (QED) is 0.857. The number of carbonyl (C=O) groups excluding carboxylic acids is 2. The van der Waals surface area contributed by atoms with Gasteiger partial charge < -0.3 is 5.32 Å². The summed E-state index contributed by atoms with van der Waals surface area (Å²) in [5.74, 6) is -0.412. The Labute approximate surface area is 146 Å². The molecule has 1 saturated heterocycles. The lowest BCUT2D eigenvalue weighted by molar-refractivity contribution is -0.121. The van der Waals surface area contributed by atoms with Crippen molar-refractivity contribution in [1.82, 2.24) is 0 Å². The van der Waals surface area contributed by atoms with E-state index in [1.807, 2.05) is 39.0 Å². The van der Waals surface area contributed by atoms with E-state index in [4.69, 9.17) is 11.6 Å². The zero-order valence-electron chi connectivity index (χ0n) is 13.9. The molecule has 24 heavy (non-hydrogen) atoms. The summed E-state index contributed by atoms with van der Waals surface area (Å²) < 4.78 is 0. The molecule has 2 aromatic carbocycles. The van der Waals surface area contributed by atoms with Crippen molar-refractivity contribution in [3.63, 3.8) is 0 Å². The number of nitrogens with one attached hydrogen (secondary N) is 1. The third-order valence-electron chi connectivity index (χ3n) is 4.17. The van der Waals surface area contributed by atoms with Crippen LogP contribution in [-0.2, 0) is 9.59 Å². The van der Waals surface area contributed by atoms with Gasteiger partial charge in [-0.1, -0.05) is 35.4 Å². The zero-order chi connectivity index (χ0) is 17.4. The van der Waals surface area contributed by atoms with Crippen LogP contribution in [0.25, 0.3) is 0 Å². The van der Waals surface area contributed by atoms with Gasteiger partial charge in [0.1, 0.15) is 6.04 Å². The van der Waals surface area contributed by atoms with Crippen LogP contribution in [0.2, 0.25) is 5.02 Å². The lowest BCUT2D eigenvalue weighted by Crippen LogP contribution is -2.35. The molecule has 3 rings (SSSR count). The second-order valence-electron chi connectivity index (χ2n) is 6.23. The number of aryl methyl sites for hydroxylation is 3. The fraction of sp³-hybridized carbons (Fsp3) is 0.263. The maximum Gasteiger partial charge on any atom is 0.256 e. The molecule has 0 unspecified atom stereocenters. The first-order chi connectivity index (χ1) is 11.4. The van der Waals surface area contributed by atoms with Crippen LogP contribution in [0.5, 0.6) is 0 Å². The van der Waals surface area contributed by atoms with E-state index in [1.165, 1.54) is 4.90 Å². The molecule has 1 aliphatic heterocycles. The van der Waals surface area contributed by atoms with Gasteiger partial charge in [-0.25, -0.2) is 4.90 Å². The first-order valence-corrected chi connectivity index (χ1v) is 8.21. The minimum absolute atomic E-state index is 0.137.